The number of H-pyrrole nitrogens is 1. The maximum absolute atomic E-state index is 13.5. The highest BCUT2D eigenvalue weighted by atomic mass is 19.1. The van der Waals surface area contributed by atoms with E-state index in [0.717, 1.165) is 37.7 Å². The van der Waals surface area contributed by atoms with Crippen molar-refractivity contribution in [2.45, 2.75) is 64.0 Å². The summed E-state index contributed by atoms with van der Waals surface area (Å²) >= 11 is 0. The Bertz CT molecular complexity index is 904. The van der Waals surface area contributed by atoms with Gasteiger partial charge >= 0.3 is 0 Å². The Morgan fingerprint density at radius 1 is 1.14 bits per heavy atom. The van der Waals surface area contributed by atoms with E-state index in [-0.39, 0.29) is 23.7 Å². The third kappa shape index (κ3) is 4.18. The molecule has 1 aromatic carbocycles. The SMILES string of the molecule is Cc1cc(-c2cc(C(=O)N3CCC[C@H]3C(=O)NC3CCCCC3)[nH]n2)ccc1F. The molecule has 2 aliphatic rings. The highest BCUT2D eigenvalue weighted by Crippen LogP contribution is 2.25. The number of nitrogens with zero attached hydrogens (tertiary/aromatic N) is 2. The molecular weight excluding hydrogens is 371 g/mol. The smallest absolute Gasteiger partial charge is 0.272 e. The van der Waals surface area contributed by atoms with E-state index in [1.165, 1.54) is 12.5 Å². The summed E-state index contributed by atoms with van der Waals surface area (Å²) in [5.41, 5.74) is 2.20. The molecule has 1 aliphatic heterocycles. The second-order valence-corrected chi connectivity index (χ2v) is 8.13. The molecule has 1 aliphatic carbocycles. The summed E-state index contributed by atoms with van der Waals surface area (Å²) < 4.78 is 13.5. The first-order valence-corrected chi connectivity index (χ1v) is 10.5. The van der Waals surface area contributed by atoms with Crippen LogP contribution in [0.4, 0.5) is 4.39 Å². The van der Waals surface area contributed by atoms with E-state index in [1.54, 1.807) is 30.0 Å². The summed E-state index contributed by atoms with van der Waals surface area (Å²) in [6, 6.07) is 6.22. The molecule has 6 nitrogen and oxygen atoms in total. The molecule has 2 amide bonds. The average molecular weight is 398 g/mol. The van der Waals surface area contributed by atoms with Gasteiger partial charge in [0.25, 0.3) is 5.91 Å². The third-order valence-corrected chi connectivity index (χ3v) is 6.03. The first-order chi connectivity index (χ1) is 14.0. The Morgan fingerprint density at radius 3 is 2.69 bits per heavy atom. The Labute approximate surface area is 169 Å². The van der Waals surface area contributed by atoms with Gasteiger partial charge in [0.1, 0.15) is 17.6 Å². The van der Waals surface area contributed by atoms with E-state index >= 15 is 0 Å². The number of carbonyl (C=O) groups is 2. The van der Waals surface area contributed by atoms with Crippen LogP contribution in [0.3, 0.4) is 0 Å². The van der Waals surface area contributed by atoms with Crippen molar-refractivity contribution in [3.63, 3.8) is 0 Å². The number of nitrogens with one attached hydrogen (secondary N) is 2. The number of hydrogen-bond donors (Lipinski definition) is 2. The molecule has 2 fully saturated rings. The molecule has 7 heteroatoms. The van der Waals surface area contributed by atoms with Gasteiger partial charge < -0.3 is 10.2 Å². The van der Waals surface area contributed by atoms with Crippen molar-refractivity contribution >= 4 is 11.8 Å². The molecule has 0 bridgehead atoms. The zero-order valence-corrected chi connectivity index (χ0v) is 16.7. The van der Waals surface area contributed by atoms with Crippen LogP contribution in [0, 0.1) is 12.7 Å². The van der Waals surface area contributed by atoms with Crippen LogP contribution in [0.2, 0.25) is 0 Å². The van der Waals surface area contributed by atoms with Crippen molar-refractivity contribution in [3.8, 4) is 11.3 Å². The summed E-state index contributed by atoms with van der Waals surface area (Å²) in [7, 11) is 0. The lowest BCUT2D eigenvalue weighted by Crippen LogP contribution is -2.49. The van der Waals surface area contributed by atoms with Crippen molar-refractivity contribution in [2.24, 2.45) is 0 Å². The molecule has 1 atom stereocenters. The lowest BCUT2D eigenvalue weighted by Gasteiger charge is -2.28. The molecule has 29 heavy (non-hydrogen) atoms. The van der Waals surface area contributed by atoms with Gasteiger partial charge in [-0.1, -0.05) is 19.3 Å². The minimum atomic E-state index is -0.427. The van der Waals surface area contributed by atoms with Crippen molar-refractivity contribution in [1.82, 2.24) is 20.4 Å². The number of rotatable bonds is 4. The van der Waals surface area contributed by atoms with Crippen LogP contribution in [-0.4, -0.2) is 45.5 Å². The maximum Gasteiger partial charge on any atom is 0.272 e. The molecule has 4 rings (SSSR count). The molecule has 2 aromatic rings. The number of aromatic nitrogens is 2. The van der Waals surface area contributed by atoms with Gasteiger partial charge in [0.2, 0.25) is 5.91 Å². The molecule has 154 valence electrons. The van der Waals surface area contributed by atoms with Crippen molar-refractivity contribution < 1.29 is 14.0 Å². The Kier molecular flexibility index (Phi) is 5.65. The Balaban J connectivity index is 1.46. The fourth-order valence-corrected chi connectivity index (χ4v) is 4.36. The van der Waals surface area contributed by atoms with Gasteiger partial charge in [-0.2, -0.15) is 5.10 Å². The Morgan fingerprint density at radius 2 is 1.93 bits per heavy atom. The standard InChI is InChI=1S/C22H27FN4O2/c1-14-12-15(9-10-17(14)23)18-13-19(26-25-18)22(29)27-11-5-8-20(27)21(28)24-16-6-3-2-4-7-16/h9-10,12-13,16,20H,2-8,11H2,1H3,(H,24,28)(H,25,26)/t20-/m0/s1. The lowest BCUT2D eigenvalue weighted by molar-refractivity contribution is -0.125. The number of likely N-dealkylation sites (tertiary alicyclic amines) is 1. The molecule has 1 saturated carbocycles. The van der Waals surface area contributed by atoms with Crippen LogP contribution in [-0.2, 0) is 4.79 Å². The summed E-state index contributed by atoms with van der Waals surface area (Å²) in [5, 5.41) is 10.2. The normalized spacial score (nSPS) is 20.1. The van der Waals surface area contributed by atoms with Crippen molar-refractivity contribution in [2.75, 3.05) is 6.54 Å². The zero-order chi connectivity index (χ0) is 20.4. The van der Waals surface area contributed by atoms with Gasteiger partial charge in [-0.25, -0.2) is 4.39 Å². The molecule has 0 spiro atoms. The summed E-state index contributed by atoms with van der Waals surface area (Å²) in [6.07, 6.45) is 7.07. The van der Waals surface area contributed by atoms with Gasteiger partial charge in [0, 0.05) is 18.2 Å². The first-order valence-electron chi connectivity index (χ1n) is 10.5. The summed E-state index contributed by atoms with van der Waals surface area (Å²) in [4.78, 5) is 27.5. The maximum atomic E-state index is 13.5. The van der Waals surface area contributed by atoms with Crippen LogP contribution in [0.15, 0.2) is 24.3 Å². The summed E-state index contributed by atoms with van der Waals surface area (Å²) in [6.45, 7) is 2.25. The van der Waals surface area contributed by atoms with E-state index in [2.05, 4.69) is 15.5 Å². The van der Waals surface area contributed by atoms with Gasteiger partial charge in [0.15, 0.2) is 0 Å². The number of carbonyl (C=O) groups excluding carboxylic acids is 2. The molecule has 0 unspecified atom stereocenters. The van der Waals surface area contributed by atoms with Crippen LogP contribution in [0.25, 0.3) is 11.3 Å². The number of halogens is 1. The fourth-order valence-electron chi connectivity index (χ4n) is 4.36. The second kappa shape index (κ2) is 8.35. The minimum absolute atomic E-state index is 0.0448. The highest BCUT2D eigenvalue weighted by molar-refractivity contribution is 5.97. The fraction of sp³-hybridized carbons (Fsp3) is 0.500. The van der Waals surface area contributed by atoms with E-state index < -0.39 is 6.04 Å². The predicted octanol–water partition coefficient (Wildman–Crippen LogP) is 3.58. The molecule has 1 saturated heterocycles. The Hall–Kier alpha value is -2.70. The highest BCUT2D eigenvalue weighted by Gasteiger charge is 2.36. The molecular formula is C22H27FN4O2. The summed E-state index contributed by atoms with van der Waals surface area (Å²) in [5.74, 6) is -0.537. The number of hydrogen-bond acceptors (Lipinski definition) is 3. The van der Waals surface area contributed by atoms with E-state index in [0.29, 0.717) is 29.9 Å². The van der Waals surface area contributed by atoms with E-state index in [4.69, 9.17) is 0 Å². The van der Waals surface area contributed by atoms with Crippen LogP contribution in [0.5, 0.6) is 0 Å². The monoisotopic (exact) mass is 398 g/mol. The quantitative estimate of drug-likeness (QED) is 0.826. The van der Waals surface area contributed by atoms with E-state index in [1.807, 2.05) is 0 Å². The molecule has 1 aromatic heterocycles. The van der Waals surface area contributed by atoms with Crippen molar-refractivity contribution in [3.05, 3.63) is 41.3 Å². The topological polar surface area (TPSA) is 78.1 Å². The lowest BCUT2D eigenvalue weighted by atomic mass is 9.95. The largest absolute Gasteiger partial charge is 0.352 e. The van der Waals surface area contributed by atoms with Crippen LogP contribution < -0.4 is 5.32 Å². The van der Waals surface area contributed by atoms with E-state index in [9.17, 15) is 14.0 Å². The van der Waals surface area contributed by atoms with Crippen LogP contribution >= 0.6 is 0 Å². The predicted molar refractivity (Wildman–Crippen MR) is 108 cm³/mol. The number of amides is 2. The zero-order valence-electron chi connectivity index (χ0n) is 16.7. The molecule has 2 heterocycles. The first kappa shape index (κ1) is 19.6. The number of aryl methyl sites for hydroxylation is 1. The minimum Gasteiger partial charge on any atom is -0.352 e. The third-order valence-electron chi connectivity index (χ3n) is 6.03. The second-order valence-electron chi connectivity index (χ2n) is 8.13. The number of benzene rings is 1. The van der Waals surface area contributed by atoms with Crippen molar-refractivity contribution in [1.29, 1.82) is 0 Å². The number of aromatic amines is 1. The molecule has 0 radical (unpaired) electrons. The van der Waals surface area contributed by atoms with Gasteiger partial charge in [-0.15, -0.1) is 0 Å². The average Bonchev–Trinajstić information content (AvgIpc) is 3.40. The van der Waals surface area contributed by atoms with Gasteiger partial charge in [0.05, 0.1) is 5.69 Å². The van der Waals surface area contributed by atoms with Gasteiger partial charge in [-0.05, 0) is 62.4 Å². The van der Waals surface area contributed by atoms with Gasteiger partial charge in [-0.3, -0.25) is 14.7 Å². The van der Waals surface area contributed by atoms with Crippen LogP contribution in [0.1, 0.15) is 61.0 Å². The molecule has 2 N–H and O–H groups in total.